The van der Waals surface area contributed by atoms with E-state index in [0.717, 1.165) is 39.5 Å². The lowest BCUT2D eigenvalue weighted by atomic mass is 10.1. The number of carbonyl (C=O) groups excluding carboxylic acids is 1. The Bertz CT molecular complexity index is 903. The summed E-state index contributed by atoms with van der Waals surface area (Å²) >= 11 is 7.34. The summed E-state index contributed by atoms with van der Waals surface area (Å²) in [4.78, 5) is 17.1. The molecule has 0 saturated carbocycles. The highest BCUT2D eigenvalue weighted by atomic mass is 35.5. The fourth-order valence-corrected chi connectivity index (χ4v) is 3.45. The van der Waals surface area contributed by atoms with Crippen molar-refractivity contribution in [3.63, 3.8) is 0 Å². The molecule has 0 fully saturated rings. The minimum Gasteiger partial charge on any atom is -0.291 e. The van der Waals surface area contributed by atoms with Gasteiger partial charge in [0.15, 0.2) is 10.8 Å². The third-order valence-electron chi connectivity index (χ3n) is 3.53. The Morgan fingerprint density at radius 1 is 1.21 bits per heavy atom. The average molecular weight is 364 g/mol. The standard InChI is InChI=1S/C18H12ClF2NOS/c1-10-5-6-13(19)11(7-10)17-9-22-18(24-17)16(23)8-12-14(20)3-2-4-15(12)21/h2-7,9H,8H2,1H3. The van der Waals surface area contributed by atoms with Gasteiger partial charge in [0.2, 0.25) is 0 Å². The smallest absolute Gasteiger partial charge is 0.195 e. The van der Waals surface area contributed by atoms with Crippen molar-refractivity contribution in [3.8, 4) is 10.4 Å². The molecule has 1 aromatic heterocycles. The molecule has 2 aromatic carbocycles. The van der Waals surface area contributed by atoms with Crippen molar-refractivity contribution in [2.75, 3.05) is 0 Å². The van der Waals surface area contributed by atoms with E-state index in [1.165, 1.54) is 6.07 Å². The summed E-state index contributed by atoms with van der Waals surface area (Å²) in [6, 6.07) is 9.10. The number of halogens is 3. The highest BCUT2D eigenvalue weighted by Crippen LogP contribution is 2.33. The van der Waals surface area contributed by atoms with Crippen LogP contribution in [0.5, 0.6) is 0 Å². The lowest BCUT2D eigenvalue weighted by molar-refractivity contribution is 0.0990. The zero-order valence-corrected chi connectivity index (χ0v) is 14.2. The van der Waals surface area contributed by atoms with Gasteiger partial charge in [0.05, 0.1) is 4.88 Å². The molecule has 122 valence electrons. The number of thiazole rings is 1. The summed E-state index contributed by atoms with van der Waals surface area (Å²) < 4.78 is 27.3. The van der Waals surface area contributed by atoms with E-state index in [1.54, 1.807) is 12.3 Å². The molecule has 2 nitrogen and oxygen atoms in total. The van der Waals surface area contributed by atoms with Crippen LogP contribution >= 0.6 is 22.9 Å². The number of hydrogen-bond acceptors (Lipinski definition) is 3. The Morgan fingerprint density at radius 3 is 2.62 bits per heavy atom. The number of aryl methyl sites for hydroxylation is 1. The van der Waals surface area contributed by atoms with E-state index in [4.69, 9.17) is 11.6 Å². The average Bonchev–Trinajstić information content (AvgIpc) is 3.03. The SMILES string of the molecule is Cc1ccc(Cl)c(-c2cnc(C(=O)Cc3c(F)cccc3F)s2)c1. The minimum absolute atomic E-state index is 0.199. The van der Waals surface area contributed by atoms with Gasteiger partial charge in [0.1, 0.15) is 11.6 Å². The Kier molecular flexibility index (Phi) is 4.73. The molecule has 0 N–H and O–H groups in total. The van der Waals surface area contributed by atoms with Gasteiger partial charge in [-0.15, -0.1) is 11.3 Å². The minimum atomic E-state index is -0.734. The van der Waals surface area contributed by atoms with Gasteiger partial charge in [-0.25, -0.2) is 13.8 Å². The number of hydrogen-bond donors (Lipinski definition) is 0. The molecule has 24 heavy (non-hydrogen) atoms. The van der Waals surface area contributed by atoms with Crippen LogP contribution in [-0.2, 0) is 6.42 Å². The third kappa shape index (κ3) is 3.37. The van der Waals surface area contributed by atoms with Crippen molar-refractivity contribution in [1.29, 1.82) is 0 Å². The zero-order valence-electron chi connectivity index (χ0n) is 12.6. The monoisotopic (exact) mass is 363 g/mol. The predicted octanol–water partition coefficient (Wildman–Crippen LogP) is 5.48. The van der Waals surface area contributed by atoms with Crippen molar-refractivity contribution < 1.29 is 13.6 Å². The lowest BCUT2D eigenvalue weighted by Gasteiger charge is -2.03. The fraction of sp³-hybridized carbons (Fsp3) is 0.111. The van der Waals surface area contributed by atoms with E-state index in [0.29, 0.717) is 5.02 Å². The van der Waals surface area contributed by atoms with Crippen molar-refractivity contribution in [2.24, 2.45) is 0 Å². The van der Waals surface area contributed by atoms with Gasteiger partial charge in [-0.1, -0.05) is 29.3 Å². The molecule has 0 amide bonds. The predicted molar refractivity (Wildman–Crippen MR) is 91.7 cm³/mol. The van der Waals surface area contributed by atoms with Gasteiger partial charge in [-0.05, 0) is 31.2 Å². The van der Waals surface area contributed by atoms with Gasteiger partial charge in [-0.3, -0.25) is 4.79 Å². The van der Waals surface area contributed by atoms with Crippen LogP contribution in [0.25, 0.3) is 10.4 Å². The quantitative estimate of drug-likeness (QED) is 0.575. The molecule has 0 aliphatic heterocycles. The number of carbonyl (C=O) groups is 1. The molecule has 3 aromatic rings. The maximum Gasteiger partial charge on any atom is 0.195 e. The van der Waals surface area contributed by atoms with Gasteiger partial charge in [0.25, 0.3) is 0 Å². The van der Waals surface area contributed by atoms with Crippen LogP contribution in [0.4, 0.5) is 8.78 Å². The van der Waals surface area contributed by atoms with Crippen LogP contribution in [-0.4, -0.2) is 10.8 Å². The number of rotatable bonds is 4. The number of ketones is 1. The summed E-state index contributed by atoms with van der Waals surface area (Å²) in [5.74, 6) is -1.90. The largest absolute Gasteiger partial charge is 0.291 e. The molecule has 0 spiro atoms. The molecular weight excluding hydrogens is 352 g/mol. The maximum atomic E-state index is 13.7. The molecule has 0 aliphatic rings. The highest BCUT2D eigenvalue weighted by molar-refractivity contribution is 7.17. The molecule has 0 radical (unpaired) electrons. The lowest BCUT2D eigenvalue weighted by Crippen LogP contribution is -2.06. The summed E-state index contributed by atoms with van der Waals surface area (Å²) in [6.45, 7) is 1.94. The second-order valence-corrected chi connectivity index (χ2v) is 6.75. The van der Waals surface area contributed by atoms with Crippen LogP contribution in [0.1, 0.15) is 20.9 Å². The van der Waals surface area contributed by atoms with Gasteiger partial charge in [-0.2, -0.15) is 0 Å². The molecule has 3 rings (SSSR count). The normalized spacial score (nSPS) is 10.8. The molecule has 0 bridgehead atoms. The molecule has 0 unspecified atom stereocenters. The van der Waals surface area contributed by atoms with E-state index in [2.05, 4.69) is 4.98 Å². The number of aromatic nitrogens is 1. The van der Waals surface area contributed by atoms with Crippen LogP contribution in [0.15, 0.2) is 42.6 Å². The fourth-order valence-electron chi connectivity index (χ4n) is 2.29. The topological polar surface area (TPSA) is 30.0 Å². The van der Waals surface area contributed by atoms with E-state index in [1.807, 2.05) is 19.1 Å². The first-order valence-electron chi connectivity index (χ1n) is 7.14. The Balaban J connectivity index is 1.88. The second kappa shape index (κ2) is 6.79. The summed E-state index contributed by atoms with van der Waals surface area (Å²) in [6.07, 6.45) is 1.18. The van der Waals surface area contributed by atoms with Gasteiger partial charge >= 0.3 is 0 Å². The zero-order chi connectivity index (χ0) is 17.3. The van der Waals surface area contributed by atoms with Crippen LogP contribution in [0, 0.1) is 18.6 Å². The van der Waals surface area contributed by atoms with Crippen molar-refractivity contribution in [2.45, 2.75) is 13.3 Å². The van der Waals surface area contributed by atoms with E-state index in [9.17, 15) is 13.6 Å². The molecular formula is C18H12ClF2NOS. The maximum absolute atomic E-state index is 13.7. The molecule has 0 aliphatic carbocycles. The second-order valence-electron chi connectivity index (χ2n) is 5.31. The van der Waals surface area contributed by atoms with Crippen LogP contribution < -0.4 is 0 Å². The van der Waals surface area contributed by atoms with E-state index >= 15 is 0 Å². The van der Waals surface area contributed by atoms with Crippen molar-refractivity contribution in [1.82, 2.24) is 4.98 Å². The number of benzene rings is 2. The summed E-state index contributed by atoms with van der Waals surface area (Å²) in [7, 11) is 0. The van der Waals surface area contributed by atoms with E-state index in [-0.39, 0.29) is 17.0 Å². The first-order chi connectivity index (χ1) is 11.5. The number of Topliss-reactive ketones (excluding diaryl/α,β-unsaturated/α-hetero) is 1. The Hall–Kier alpha value is -2.11. The Labute approximate surface area is 146 Å². The molecule has 1 heterocycles. The molecule has 0 saturated heterocycles. The highest BCUT2D eigenvalue weighted by Gasteiger charge is 2.18. The molecule has 6 heteroatoms. The first-order valence-corrected chi connectivity index (χ1v) is 8.33. The van der Waals surface area contributed by atoms with Crippen molar-refractivity contribution >= 4 is 28.7 Å². The number of nitrogens with zero attached hydrogens (tertiary/aromatic N) is 1. The summed E-state index contributed by atoms with van der Waals surface area (Å²) in [5.41, 5.74) is 1.57. The summed E-state index contributed by atoms with van der Waals surface area (Å²) in [5, 5.41) is 0.758. The third-order valence-corrected chi connectivity index (χ3v) is 4.93. The molecule has 0 atom stereocenters. The van der Waals surface area contributed by atoms with Crippen LogP contribution in [0.3, 0.4) is 0 Å². The first kappa shape index (κ1) is 16.7. The Morgan fingerprint density at radius 2 is 1.92 bits per heavy atom. The van der Waals surface area contributed by atoms with Gasteiger partial charge in [0, 0.05) is 28.8 Å². The van der Waals surface area contributed by atoms with Crippen molar-refractivity contribution in [3.05, 3.63) is 75.4 Å². The van der Waals surface area contributed by atoms with Gasteiger partial charge < -0.3 is 0 Å². The van der Waals surface area contributed by atoms with E-state index < -0.39 is 17.4 Å². The van der Waals surface area contributed by atoms with Crippen LogP contribution in [0.2, 0.25) is 5.02 Å².